The lowest BCUT2D eigenvalue weighted by Gasteiger charge is -2.34. The minimum Gasteiger partial charge on any atom is -0.396 e. The molecule has 34 heavy (non-hydrogen) atoms. The third kappa shape index (κ3) is 4.02. The summed E-state index contributed by atoms with van der Waals surface area (Å²) in [5, 5.41) is 15.0. The molecule has 2 unspecified atom stereocenters. The highest BCUT2D eigenvalue weighted by Crippen LogP contribution is 2.71. The van der Waals surface area contributed by atoms with Crippen LogP contribution in [0.2, 0.25) is 0 Å². The number of nitrogens with one attached hydrogen (secondary N) is 2. The van der Waals surface area contributed by atoms with Gasteiger partial charge in [-0.05, 0) is 63.6 Å². The van der Waals surface area contributed by atoms with Gasteiger partial charge in [0.1, 0.15) is 6.04 Å². The van der Waals surface area contributed by atoms with E-state index in [4.69, 9.17) is 5.11 Å². The Kier molecular flexibility index (Phi) is 7.02. The van der Waals surface area contributed by atoms with E-state index in [0.29, 0.717) is 6.54 Å². The summed E-state index contributed by atoms with van der Waals surface area (Å²) >= 11 is 1.70. The van der Waals surface area contributed by atoms with Crippen molar-refractivity contribution in [2.45, 2.75) is 74.8 Å². The van der Waals surface area contributed by atoms with Crippen LogP contribution in [0, 0.1) is 25.7 Å². The van der Waals surface area contributed by atoms with Gasteiger partial charge in [-0.15, -0.1) is 11.8 Å². The van der Waals surface area contributed by atoms with E-state index in [1.54, 1.807) is 23.7 Å². The Balaban J connectivity index is 1.67. The third-order valence-corrected chi connectivity index (χ3v) is 10.00. The SMILES string of the molecule is CNC(=O)[C@H]1[C@H]2C(=O)N(CCCCCCO)C(C(=O)Nc3cc(C)ccc3C)C23CC[C@]1(C)S3. The average Bonchev–Trinajstić information content (AvgIpc) is 3.36. The van der Waals surface area contributed by atoms with Gasteiger partial charge in [-0.25, -0.2) is 0 Å². The van der Waals surface area contributed by atoms with Gasteiger partial charge in [0.15, 0.2) is 0 Å². The summed E-state index contributed by atoms with van der Waals surface area (Å²) in [7, 11) is 1.62. The maximum absolute atomic E-state index is 13.9. The number of amides is 3. The molecule has 3 aliphatic rings. The molecule has 0 saturated carbocycles. The molecule has 4 rings (SSSR count). The van der Waals surface area contributed by atoms with Gasteiger partial charge < -0.3 is 20.6 Å². The number of carbonyl (C=O) groups excluding carboxylic acids is 3. The zero-order valence-corrected chi connectivity index (χ0v) is 21.5. The third-order valence-electron chi connectivity index (χ3n) is 8.01. The van der Waals surface area contributed by atoms with Crippen LogP contribution in [0.3, 0.4) is 0 Å². The quantitative estimate of drug-likeness (QED) is 0.465. The molecule has 1 aromatic rings. The van der Waals surface area contributed by atoms with Crippen molar-refractivity contribution in [3.8, 4) is 0 Å². The lowest BCUT2D eigenvalue weighted by atomic mass is 9.66. The predicted octanol–water partition coefficient (Wildman–Crippen LogP) is 3.02. The molecule has 0 radical (unpaired) electrons. The van der Waals surface area contributed by atoms with Gasteiger partial charge in [0.25, 0.3) is 0 Å². The molecule has 3 saturated heterocycles. The van der Waals surface area contributed by atoms with E-state index in [9.17, 15) is 14.4 Å². The fraction of sp³-hybridized carbons (Fsp3) is 0.654. The van der Waals surface area contributed by atoms with E-state index in [-0.39, 0.29) is 29.1 Å². The van der Waals surface area contributed by atoms with Gasteiger partial charge in [0.05, 0.1) is 16.6 Å². The van der Waals surface area contributed by atoms with Crippen molar-refractivity contribution in [2.24, 2.45) is 11.8 Å². The first-order valence-corrected chi connectivity index (χ1v) is 13.2. The number of nitrogens with zero attached hydrogens (tertiary/aromatic N) is 1. The highest BCUT2D eigenvalue weighted by atomic mass is 32.2. The molecule has 186 valence electrons. The summed E-state index contributed by atoms with van der Waals surface area (Å²) in [6, 6.07) is 5.36. The summed E-state index contributed by atoms with van der Waals surface area (Å²) in [6.45, 7) is 6.69. The minimum atomic E-state index is -0.607. The van der Waals surface area contributed by atoms with Gasteiger partial charge in [-0.2, -0.15) is 0 Å². The number of likely N-dealkylation sites (tertiary alicyclic amines) is 1. The number of anilines is 1. The Morgan fingerprint density at radius 1 is 1.15 bits per heavy atom. The molecule has 1 spiro atoms. The molecule has 3 aliphatic heterocycles. The lowest BCUT2D eigenvalue weighted by Crippen LogP contribution is -2.52. The zero-order valence-electron chi connectivity index (χ0n) is 20.6. The maximum atomic E-state index is 13.9. The molecule has 7 nitrogen and oxygen atoms in total. The number of aliphatic hydroxyl groups excluding tert-OH is 1. The number of hydrogen-bond acceptors (Lipinski definition) is 5. The zero-order chi connectivity index (χ0) is 24.7. The van der Waals surface area contributed by atoms with Gasteiger partial charge >= 0.3 is 0 Å². The second kappa shape index (κ2) is 9.53. The van der Waals surface area contributed by atoms with E-state index >= 15 is 0 Å². The van der Waals surface area contributed by atoms with Crippen molar-refractivity contribution in [1.29, 1.82) is 0 Å². The van der Waals surface area contributed by atoms with Crippen LogP contribution >= 0.6 is 11.8 Å². The first-order valence-electron chi connectivity index (χ1n) is 12.4. The number of rotatable bonds is 9. The molecule has 2 bridgehead atoms. The Morgan fingerprint density at radius 2 is 1.88 bits per heavy atom. The van der Waals surface area contributed by atoms with Crippen molar-refractivity contribution in [1.82, 2.24) is 10.2 Å². The molecule has 1 aromatic carbocycles. The molecule has 8 heteroatoms. The summed E-state index contributed by atoms with van der Waals surface area (Å²) in [4.78, 5) is 42.5. The Morgan fingerprint density at radius 3 is 2.59 bits per heavy atom. The molecule has 3 amide bonds. The summed E-state index contributed by atoms with van der Waals surface area (Å²) in [5.74, 6) is -1.24. The van der Waals surface area contributed by atoms with Gasteiger partial charge in [0, 0.05) is 30.6 Å². The van der Waals surface area contributed by atoms with Crippen LogP contribution in [0.15, 0.2) is 18.2 Å². The smallest absolute Gasteiger partial charge is 0.248 e. The second-order valence-electron chi connectivity index (χ2n) is 10.3. The Bertz CT molecular complexity index is 985. The number of unbranched alkanes of at least 4 members (excludes halogenated alkanes) is 3. The largest absolute Gasteiger partial charge is 0.396 e. The molecule has 5 atom stereocenters. The minimum absolute atomic E-state index is 0.0622. The number of benzene rings is 1. The normalized spacial score (nSPS) is 31.6. The summed E-state index contributed by atoms with van der Waals surface area (Å²) < 4.78 is -0.929. The molecule has 0 aliphatic carbocycles. The Labute approximate surface area is 206 Å². The van der Waals surface area contributed by atoms with Crippen LogP contribution in [0.1, 0.15) is 56.6 Å². The standard InChI is InChI=1S/C26H37N3O4S/c1-16-9-10-17(2)18(15-16)28-23(32)21-26-12-11-25(3,34-26)19(22(31)27-4)20(26)24(33)29(21)13-7-5-6-8-14-30/h9-10,15,19-21,30H,5-8,11-14H2,1-4H3,(H,27,31)(H,28,32)/t19-,20+,21?,25+,26?/m1/s1. The van der Waals surface area contributed by atoms with Crippen LogP contribution in [0.25, 0.3) is 0 Å². The fourth-order valence-corrected chi connectivity index (χ4v) is 8.70. The number of aryl methyl sites for hydroxylation is 2. The van der Waals surface area contributed by atoms with E-state index in [1.807, 2.05) is 32.0 Å². The Hall–Kier alpha value is -2.06. The van der Waals surface area contributed by atoms with Crippen molar-refractivity contribution in [3.05, 3.63) is 29.3 Å². The lowest BCUT2D eigenvalue weighted by molar-refractivity contribution is -0.140. The first-order chi connectivity index (χ1) is 16.2. The summed E-state index contributed by atoms with van der Waals surface area (Å²) in [6.07, 6.45) is 4.86. The second-order valence-corrected chi connectivity index (χ2v) is 12.2. The highest BCUT2D eigenvalue weighted by Gasteiger charge is 2.76. The molecule has 0 aromatic heterocycles. The molecule has 3 fully saturated rings. The predicted molar refractivity (Wildman–Crippen MR) is 135 cm³/mol. The van der Waals surface area contributed by atoms with Gasteiger partial charge in [-0.1, -0.05) is 25.0 Å². The molecule has 3 N–H and O–H groups in total. The van der Waals surface area contributed by atoms with Crippen LogP contribution in [-0.2, 0) is 14.4 Å². The number of thioether (sulfide) groups is 1. The monoisotopic (exact) mass is 487 g/mol. The van der Waals surface area contributed by atoms with E-state index in [1.165, 1.54) is 0 Å². The summed E-state index contributed by atoms with van der Waals surface area (Å²) in [5.41, 5.74) is 2.81. The topological polar surface area (TPSA) is 98.7 Å². The highest BCUT2D eigenvalue weighted by molar-refractivity contribution is 8.02. The molecular weight excluding hydrogens is 450 g/mol. The van der Waals surface area contributed by atoms with Crippen LogP contribution < -0.4 is 10.6 Å². The van der Waals surface area contributed by atoms with Gasteiger partial charge in [-0.3, -0.25) is 14.4 Å². The molecule has 3 heterocycles. The number of hydrogen-bond donors (Lipinski definition) is 3. The van der Waals surface area contributed by atoms with Crippen molar-refractivity contribution in [2.75, 3.05) is 25.5 Å². The van der Waals surface area contributed by atoms with Crippen molar-refractivity contribution in [3.63, 3.8) is 0 Å². The van der Waals surface area contributed by atoms with E-state index in [0.717, 1.165) is 55.3 Å². The van der Waals surface area contributed by atoms with Crippen molar-refractivity contribution >= 4 is 35.2 Å². The fourth-order valence-electron chi connectivity index (χ4n) is 6.34. The number of fused-ring (bicyclic) bond motifs is 1. The average molecular weight is 488 g/mol. The van der Waals surface area contributed by atoms with Crippen LogP contribution in [0.5, 0.6) is 0 Å². The van der Waals surface area contributed by atoms with Crippen LogP contribution in [-0.4, -0.2) is 63.5 Å². The number of aliphatic hydroxyl groups is 1. The number of carbonyl (C=O) groups is 3. The van der Waals surface area contributed by atoms with Crippen LogP contribution in [0.4, 0.5) is 5.69 Å². The van der Waals surface area contributed by atoms with Gasteiger partial charge in [0.2, 0.25) is 17.7 Å². The first kappa shape index (κ1) is 25.0. The van der Waals surface area contributed by atoms with Crippen molar-refractivity contribution < 1.29 is 19.5 Å². The maximum Gasteiger partial charge on any atom is 0.248 e. The van der Waals surface area contributed by atoms with E-state index < -0.39 is 22.6 Å². The van der Waals surface area contributed by atoms with E-state index in [2.05, 4.69) is 17.6 Å². The molecular formula is C26H37N3O4S.